The van der Waals surface area contributed by atoms with Gasteiger partial charge in [-0.3, -0.25) is 4.79 Å². The third kappa shape index (κ3) is 3.81. The molecule has 1 heterocycles. The summed E-state index contributed by atoms with van der Waals surface area (Å²) in [5.41, 5.74) is 2.07. The lowest BCUT2D eigenvalue weighted by Crippen LogP contribution is -2.47. The van der Waals surface area contributed by atoms with Crippen molar-refractivity contribution in [2.75, 3.05) is 13.1 Å². The van der Waals surface area contributed by atoms with Crippen LogP contribution in [0.25, 0.3) is 0 Å². The molecule has 0 bridgehead atoms. The molecule has 1 amide bonds. The maximum absolute atomic E-state index is 12.9. The molecule has 144 valence electrons. The molecular formula is C20H30N2O3S. The summed E-state index contributed by atoms with van der Waals surface area (Å²) in [7, 11) is -3.48. The molecule has 2 fully saturated rings. The predicted molar refractivity (Wildman–Crippen MR) is 102 cm³/mol. The molecule has 0 aromatic heterocycles. The third-order valence-corrected chi connectivity index (χ3v) is 7.57. The van der Waals surface area contributed by atoms with Crippen molar-refractivity contribution in [2.45, 2.75) is 70.4 Å². The zero-order valence-corrected chi connectivity index (χ0v) is 17.1. The van der Waals surface area contributed by atoms with Crippen LogP contribution < -0.4 is 0 Å². The van der Waals surface area contributed by atoms with Gasteiger partial charge in [-0.15, -0.1) is 0 Å². The molecule has 1 saturated heterocycles. The first-order valence-electron chi connectivity index (χ1n) is 9.61. The van der Waals surface area contributed by atoms with Gasteiger partial charge in [-0.1, -0.05) is 6.07 Å². The van der Waals surface area contributed by atoms with E-state index in [1.807, 2.05) is 24.8 Å². The Morgan fingerprint density at radius 2 is 1.69 bits per heavy atom. The average molecular weight is 379 g/mol. The number of aryl methyl sites for hydroxylation is 2. The van der Waals surface area contributed by atoms with Crippen LogP contribution in [0.4, 0.5) is 0 Å². The van der Waals surface area contributed by atoms with E-state index in [0.29, 0.717) is 36.9 Å². The minimum absolute atomic E-state index is 0.0517. The molecule has 5 nitrogen and oxygen atoms in total. The lowest BCUT2D eigenvalue weighted by Gasteiger charge is -2.35. The van der Waals surface area contributed by atoms with Gasteiger partial charge in [0.25, 0.3) is 0 Å². The number of carbonyl (C=O) groups excluding carboxylic acids is 1. The molecule has 0 radical (unpaired) electrons. The van der Waals surface area contributed by atoms with Gasteiger partial charge in [0.05, 0.1) is 4.90 Å². The fourth-order valence-electron chi connectivity index (χ4n) is 3.79. The summed E-state index contributed by atoms with van der Waals surface area (Å²) in [6.45, 7) is 8.87. The van der Waals surface area contributed by atoms with Crippen molar-refractivity contribution in [3.8, 4) is 0 Å². The maximum Gasteiger partial charge on any atom is 0.243 e. The minimum atomic E-state index is -3.48. The second-order valence-corrected chi connectivity index (χ2v) is 9.93. The summed E-state index contributed by atoms with van der Waals surface area (Å²) in [5.74, 6) is 0.162. The van der Waals surface area contributed by atoms with Crippen molar-refractivity contribution in [1.29, 1.82) is 0 Å². The molecule has 1 aromatic rings. The number of rotatable bonds is 5. The standard InChI is InChI=1S/C20H30N2O3S/c1-14(2)22(18-6-7-18)20(23)17-9-11-21(12-10-17)26(24,25)19-8-5-15(3)16(4)13-19/h5,8,13-14,17-18H,6-7,9-12H2,1-4H3. The van der Waals surface area contributed by atoms with Gasteiger partial charge in [0.2, 0.25) is 15.9 Å². The molecule has 1 aromatic carbocycles. The minimum Gasteiger partial charge on any atom is -0.337 e. The number of hydrogen-bond donors (Lipinski definition) is 0. The molecule has 26 heavy (non-hydrogen) atoms. The Labute approximate surface area is 157 Å². The molecule has 0 atom stereocenters. The summed E-state index contributed by atoms with van der Waals surface area (Å²) in [4.78, 5) is 15.3. The van der Waals surface area contributed by atoms with Crippen molar-refractivity contribution in [2.24, 2.45) is 5.92 Å². The topological polar surface area (TPSA) is 57.7 Å². The molecule has 1 saturated carbocycles. The number of hydrogen-bond acceptors (Lipinski definition) is 3. The Morgan fingerprint density at radius 3 is 2.19 bits per heavy atom. The summed E-state index contributed by atoms with van der Waals surface area (Å²) in [6.07, 6.45) is 3.42. The second kappa shape index (κ2) is 7.31. The third-order valence-electron chi connectivity index (χ3n) is 5.67. The number of piperidine rings is 1. The van der Waals surface area contributed by atoms with E-state index in [0.717, 1.165) is 24.0 Å². The number of sulfonamides is 1. The van der Waals surface area contributed by atoms with E-state index in [-0.39, 0.29) is 17.9 Å². The van der Waals surface area contributed by atoms with Crippen molar-refractivity contribution in [1.82, 2.24) is 9.21 Å². The highest BCUT2D eigenvalue weighted by Gasteiger charge is 2.39. The van der Waals surface area contributed by atoms with Crippen molar-refractivity contribution in [3.05, 3.63) is 29.3 Å². The zero-order valence-electron chi connectivity index (χ0n) is 16.2. The van der Waals surface area contributed by atoms with Crippen molar-refractivity contribution < 1.29 is 13.2 Å². The van der Waals surface area contributed by atoms with Gasteiger partial charge in [-0.05, 0) is 76.6 Å². The fraction of sp³-hybridized carbons (Fsp3) is 0.650. The van der Waals surface area contributed by atoms with Crippen LogP contribution in [-0.4, -0.2) is 48.7 Å². The number of carbonyl (C=O) groups is 1. The molecule has 0 spiro atoms. The summed E-state index contributed by atoms with van der Waals surface area (Å²) >= 11 is 0. The van der Waals surface area contributed by atoms with E-state index in [1.165, 1.54) is 4.31 Å². The van der Waals surface area contributed by atoms with Gasteiger partial charge >= 0.3 is 0 Å². The fourth-order valence-corrected chi connectivity index (χ4v) is 5.34. The van der Waals surface area contributed by atoms with Crippen LogP contribution in [-0.2, 0) is 14.8 Å². The van der Waals surface area contributed by atoms with Crippen LogP contribution in [0.15, 0.2) is 23.1 Å². The zero-order chi connectivity index (χ0) is 19.1. The summed E-state index contributed by atoms with van der Waals surface area (Å²) in [6, 6.07) is 5.90. The Balaban J connectivity index is 1.67. The number of nitrogens with zero attached hydrogens (tertiary/aromatic N) is 2. The van der Waals surface area contributed by atoms with Gasteiger partial charge in [0.15, 0.2) is 0 Å². The molecular weight excluding hydrogens is 348 g/mol. The van der Waals surface area contributed by atoms with E-state index in [9.17, 15) is 13.2 Å². The first-order valence-corrected chi connectivity index (χ1v) is 11.1. The maximum atomic E-state index is 12.9. The molecule has 0 N–H and O–H groups in total. The monoisotopic (exact) mass is 378 g/mol. The molecule has 1 aliphatic heterocycles. The molecule has 0 unspecified atom stereocenters. The lowest BCUT2D eigenvalue weighted by atomic mass is 9.96. The predicted octanol–water partition coefficient (Wildman–Crippen LogP) is 3.10. The van der Waals surface area contributed by atoms with Gasteiger partial charge in [-0.2, -0.15) is 4.31 Å². The molecule has 3 rings (SSSR count). The van der Waals surface area contributed by atoms with Crippen LogP contribution in [0, 0.1) is 19.8 Å². The largest absolute Gasteiger partial charge is 0.337 e. The Kier molecular flexibility index (Phi) is 5.45. The van der Waals surface area contributed by atoms with Gasteiger partial charge < -0.3 is 4.90 Å². The summed E-state index contributed by atoms with van der Waals surface area (Å²) in [5, 5.41) is 0. The van der Waals surface area contributed by atoms with E-state index in [4.69, 9.17) is 0 Å². The molecule has 6 heteroatoms. The van der Waals surface area contributed by atoms with Gasteiger partial charge in [0, 0.05) is 31.1 Å². The quantitative estimate of drug-likeness (QED) is 0.791. The van der Waals surface area contributed by atoms with Crippen LogP contribution >= 0.6 is 0 Å². The van der Waals surface area contributed by atoms with Crippen molar-refractivity contribution in [3.63, 3.8) is 0 Å². The SMILES string of the molecule is Cc1ccc(S(=O)(=O)N2CCC(C(=O)N(C(C)C)C3CC3)CC2)cc1C. The smallest absolute Gasteiger partial charge is 0.243 e. The highest BCUT2D eigenvalue weighted by Crippen LogP contribution is 2.33. The van der Waals surface area contributed by atoms with Crippen LogP contribution in [0.1, 0.15) is 50.7 Å². The first-order chi connectivity index (χ1) is 12.2. The number of benzene rings is 1. The Bertz CT molecular complexity index is 774. The van der Waals surface area contributed by atoms with Gasteiger partial charge in [-0.25, -0.2) is 8.42 Å². The normalized spacial score (nSPS) is 19.7. The van der Waals surface area contributed by atoms with Crippen LogP contribution in [0.2, 0.25) is 0 Å². The Morgan fingerprint density at radius 1 is 1.08 bits per heavy atom. The lowest BCUT2D eigenvalue weighted by molar-refractivity contribution is -0.139. The van der Waals surface area contributed by atoms with Crippen LogP contribution in [0.3, 0.4) is 0 Å². The van der Waals surface area contributed by atoms with E-state index in [2.05, 4.69) is 13.8 Å². The number of amides is 1. The Hall–Kier alpha value is -1.40. The average Bonchev–Trinajstić information content (AvgIpc) is 3.42. The van der Waals surface area contributed by atoms with E-state index >= 15 is 0 Å². The highest BCUT2D eigenvalue weighted by molar-refractivity contribution is 7.89. The highest BCUT2D eigenvalue weighted by atomic mass is 32.2. The first kappa shape index (κ1) is 19.4. The van der Waals surface area contributed by atoms with Gasteiger partial charge in [0.1, 0.15) is 0 Å². The van der Waals surface area contributed by atoms with Crippen LogP contribution in [0.5, 0.6) is 0 Å². The molecule has 2 aliphatic rings. The summed E-state index contributed by atoms with van der Waals surface area (Å²) < 4.78 is 27.4. The van der Waals surface area contributed by atoms with Crippen molar-refractivity contribution >= 4 is 15.9 Å². The van der Waals surface area contributed by atoms with E-state index in [1.54, 1.807) is 12.1 Å². The van der Waals surface area contributed by atoms with E-state index < -0.39 is 10.0 Å². The molecule has 1 aliphatic carbocycles. The second-order valence-electron chi connectivity index (χ2n) is 7.99.